The van der Waals surface area contributed by atoms with Crippen LogP contribution in [0.5, 0.6) is 0 Å². The van der Waals surface area contributed by atoms with Gasteiger partial charge in [0.25, 0.3) is 0 Å². The van der Waals surface area contributed by atoms with E-state index in [0.29, 0.717) is 28.4 Å². The number of benzene rings is 1. The quantitative estimate of drug-likeness (QED) is 0.877. The second-order valence-electron chi connectivity index (χ2n) is 6.11. The monoisotopic (exact) mass is 364 g/mol. The Labute approximate surface area is 143 Å². The molecule has 0 aromatic heterocycles. The van der Waals surface area contributed by atoms with Crippen molar-refractivity contribution in [2.75, 3.05) is 26.2 Å². The summed E-state index contributed by atoms with van der Waals surface area (Å²) in [6.07, 6.45) is 4.26. The van der Waals surface area contributed by atoms with Crippen LogP contribution < -0.4 is 5.32 Å². The van der Waals surface area contributed by atoms with E-state index in [-0.39, 0.29) is 12.4 Å². The van der Waals surface area contributed by atoms with Gasteiger partial charge in [-0.25, -0.2) is 8.42 Å². The van der Waals surface area contributed by atoms with Crippen molar-refractivity contribution in [3.63, 3.8) is 0 Å². The molecule has 2 saturated heterocycles. The summed E-state index contributed by atoms with van der Waals surface area (Å²) >= 11 is 5.92. The topological polar surface area (TPSA) is 49.4 Å². The molecule has 1 aromatic carbocycles. The summed E-state index contributed by atoms with van der Waals surface area (Å²) in [5, 5.41) is 3.84. The lowest BCUT2D eigenvalue weighted by Crippen LogP contribution is -2.47. The summed E-state index contributed by atoms with van der Waals surface area (Å²) in [4.78, 5) is 0.302. The van der Waals surface area contributed by atoms with Crippen molar-refractivity contribution in [2.24, 2.45) is 5.41 Å². The lowest BCUT2D eigenvalue weighted by molar-refractivity contribution is 0.110. The van der Waals surface area contributed by atoms with Gasteiger partial charge in [-0.2, -0.15) is 4.31 Å². The second-order valence-corrected chi connectivity index (χ2v) is 8.49. The van der Waals surface area contributed by atoms with Crippen LogP contribution in [0.1, 0.15) is 25.7 Å². The number of piperidine rings is 2. The van der Waals surface area contributed by atoms with Crippen LogP contribution in [-0.2, 0) is 10.0 Å². The molecule has 0 atom stereocenters. The Balaban J connectivity index is 0.00000176. The number of halogens is 2. The van der Waals surface area contributed by atoms with Gasteiger partial charge in [0, 0.05) is 18.1 Å². The third-order valence-electron chi connectivity index (χ3n) is 4.88. The largest absolute Gasteiger partial charge is 0.317 e. The van der Waals surface area contributed by atoms with Crippen LogP contribution >= 0.6 is 24.0 Å². The first kappa shape index (κ1) is 18.0. The van der Waals surface area contributed by atoms with Gasteiger partial charge < -0.3 is 5.32 Å². The molecule has 2 aliphatic rings. The minimum atomic E-state index is -3.41. The van der Waals surface area contributed by atoms with Crippen molar-refractivity contribution in [3.8, 4) is 0 Å². The van der Waals surface area contributed by atoms with E-state index in [4.69, 9.17) is 11.6 Å². The summed E-state index contributed by atoms with van der Waals surface area (Å²) in [7, 11) is -3.41. The number of nitrogens with zero attached hydrogens (tertiary/aromatic N) is 1. The molecule has 0 unspecified atom stereocenters. The van der Waals surface area contributed by atoms with E-state index in [1.165, 1.54) is 6.07 Å². The van der Waals surface area contributed by atoms with Crippen molar-refractivity contribution < 1.29 is 8.42 Å². The number of nitrogens with one attached hydrogen (secondary N) is 1. The molecule has 0 bridgehead atoms. The fourth-order valence-electron chi connectivity index (χ4n) is 3.43. The van der Waals surface area contributed by atoms with Gasteiger partial charge >= 0.3 is 0 Å². The molecular weight excluding hydrogens is 343 g/mol. The summed E-state index contributed by atoms with van der Waals surface area (Å²) in [6.45, 7) is 3.35. The predicted octanol–water partition coefficient (Wildman–Crippen LogP) is 2.92. The van der Waals surface area contributed by atoms with Crippen LogP contribution in [0.3, 0.4) is 0 Å². The van der Waals surface area contributed by atoms with Crippen molar-refractivity contribution in [2.45, 2.75) is 30.6 Å². The lowest BCUT2D eigenvalue weighted by Gasteiger charge is -2.43. The minimum absolute atomic E-state index is 0. The molecule has 0 aliphatic carbocycles. The highest BCUT2D eigenvalue weighted by atomic mass is 35.5. The maximum absolute atomic E-state index is 12.7. The smallest absolute Gasteiger partial charge is 0.243 e. The first-order valence-corrected chi connectivity index (χ1v) is 9.30. The Hall–Kier alpha value is -0.330. The number of rotatable bonds is 2. The van der Waals surface area contributed by atoms with Crippen molar-refractivity contribution in [1.82, 2.24) is 9.62 Å². The standard InChI is InChI=1S/C15H21ClN2O2S.ClH/c16-13-2-1-3-14(12-13)21(19,20)18-10-6-15(7-11-18)4-8-17-9-5-15;/h1-3,12,17H,4-11H2;1H. The fourth-order valence-corrected chi connectivity index (χ4v) is 5.18. The Kier molecular flexibility index (Phi) is 5.78. The minimum Gasteiger partial charge on any atom is -0.317 e. The molecule has 7 heteroatoms. The van der Waals surface area contributed by atoms with Gasteiger partial charge in [-0.15, -0.1) is 12.4 Å². The van der Waals surface area contributed by atoms with E-state index in [2.05, 4.69) is 5.32 Å². The SMILES string of the molecule is Cl.O=S(=O)(c1cccc(Cl)c1)N1CCC2(CCNCC2)CC1. The third-order valence-corrected chi connectivity index (χ3v) is 7.01. The molecule has 22 heavy (non-hydrogen) atoms. The predicted molar refractivity (Wildman–Crippen MR) is 91.2 cm³/mol. The molecule has 124 valence electrons. The lowest BCUT2D eigenvalue weighted by atomic mass is 9.72. The van der Waals surface area contributed by atoms with Crippen LogP contribution in [0, 0.1) is 5.41 Å². The first-order chi connectivity index (χ1) is 10.0. The summed E-state index contributed by atoms with van der Waals surface area (Å²) < 4.78 is 26.9. The molecule has 2 heterocycles. The van der Waals surface area contributed by atoms with Crippen molar-refractivity contribution >= 4 is 34.0 Å². The molecular formula is C15H22Cl2N2O2S. The molecule has 2 aliphatic heterocycles. The normalized spacial score (nSPS) is 22.2. The van der Waals surface area contributed by atoms with Crippen molar-refractivity contribution in [3.05, 3.63) is 29.3 Å². The Morgan fingerprint density at radius 2 is 1.73 bits per heavy atom. The van der Waals surface area contributed by atoms with Crippen LogP contribution in [0.2, 0.25) is 5.02 Å². The highest BCUT2D eigenvalue weighted by molar-refractivity contribution is 7.89. The summed E-state index contributed by atoms with van der Waals surface area (Å²) in [5.41, 5.74) is 0.353. The Morgan fingerprint density at radius 3 is 2.32 bits per heavy atom. The Bertz CT molecular complexity index is 606. The zero-order chi connectivity index (χ0) is 14.9. The number of sulfonamides is 1. The van der Waals surface area contributed by atoms with Gasteiger partial charge in [-0.1, -0.05) is 17.7 Å². The van der Waals surface area contributed by atoms with Crippen molar-refractivity contribution in [1.29, 1.82) is 0 Å². The third kappa shape index (κ3) is 3.60. The fraction of sp³-hybridized carbons (Fsp3) is 0.600. The van der Waals surface area contributed by atoms with Crippen LogP contribution in [-0.4, -0.2) is 38.9 Å². The van der Waals surface area contributed by atoms with Crippen LogP contribution in [0.25, 0.3) is 0 Å². The van der Waals surface area contributed by atoms with E-state index in [0.717, 1.165) is 38.8 Å². The second kappa shape index (κ2) is 7.05. The van der Waals surface area contributed by atoms with E-state index < -0.39 is 10.0 Å². The molecule has 2 fully saturated rings. The van der Waals surface area contributed by atoms with E-state index in [1.807, 2.05) is 0 Å². The number of hydrogen-bond acceptors (Lipinski definition) is 3. The van der Waals surface area contributed by atoms with Gasteiger partial charge in [-0.3, -0.25) is 0 Å². The highest BCUT2D eigenvalue weighted by Gasteiger charge is 2.39. The molecule has 1 N–H and O–H groups in total. The maximum Gasteiger partial charge on any atom is 0.243 e. The van der Waals surface area contributed by atoms with Gasteiger partial charge in [0.05, 0.1) is 4.90 Å². The van der Waals surface area contributed by atoms with E-state index >= 15 is 0 Å². The van der Waals surface area contributed by atoms with Gasteiger partial charge in [0.15, 0.2) is 0 Å². The van der Waals surface area contributed by atoms with Crippen LogP contribution in [0.15, 0.2) is 29.2 Å². The van der Waals surface area contributed by atoms with Crippen LogP contribution in [0.4, 0.5) is 0 Å². The van der Waals surface area contributed by atoms with Gasteiger partial charge in [0.1, 0.15) is 0 Å². The zero-order valence-electron chi connectivity index (χ0n) is 12.4. The molecule has 0 radical (unpaired) electrons. The van der Waals surface area contributed by atoms with Gasteiger partial charge in [0.2, 0.25) is 10.0 Å². The highest BCUT2D eigenvalue weighted by Crippen LogP contribution is 2.40. The zero-order valence-corrected chi connectivity index (χ0v) is 14.8. The molecule has 3 rings (SSSR count). The first-order valence-electron chi connectivity index (χ1n) is 7.48. The average Bonchev–Trinajstić information content (AvgIpc) is 2.48. The average molecular weight is 365 g/mol. The molecule has 0 amide bonds. The van der Waals surface area contributed by atoms with E-state index in [9.17, 15) is 8.42 Å². The molecule has 4 nitrogen and oxygen atoms in total. The molecule has 0 saturated carbocycles. The summed E-state index contributed by atoms with van der Waals surface area (Å²) in [6, 6.07) is 6.54. The molecule has 1 spiro atoms. The van der Waals surface area contributed by atoms with Gasteiger partial charge in [-0.05, 0) is 62.4 Å². The number of hydrogen-bond donors (Lipinski definition) is 1. The summed E-state index contributed by atoms with van der Waals surface area (Å²) in [5.74, 6) is 0. The molecule has 1 aromatic rings. The van der Waals surface area contributed by atoms with E-state index in [1.54, 1.807) is 22.5 Å². The Morgan fingerprint density at radius 1 is 1.09 bits per heavy atom. The maximum atomic E-state index is 12.7.